The van der Waals surface area contributed by atoms with Gasteiger partial charge in [0.15, 0.2) is 0 Å². The Hall–Kier alpha value is -1.95. The van der Waals surface area contributed by atoms with E-state index in [9.17, 15) is 15.2 Å². The monoisotopic (exact) mass is 238 g/mol. The number of benzene rings is 1. The van der Waals surface area contributed by atoms with Crippen molar-refractivity contribution >= 4 is 11.9 Å². The first-order valence-corrected chi connectivity index (χ1v) is 5.20. The van der Waals surface area contributed by atoms with Crippen molar-refractivity contribution in [3.8, 4) is 5.75 Å². The summed E-state index contributed by atoms with van der Waals surface area (Å²) in [6.45, 7) is 1.77. The second-order valence-electron chi connectivity index (χ2n) is 3.52. The van der Waals surface area contributed by atoms with Gasteiger partial charge in [0.25, 0.3) is 5.69 Å². The molecule has 1 aromatic carbocycles. The van der Waals surface area contributed by atoms with Gasteiger partial charge in [0.2, 0.25) is 0 Å². The van der Waals surface area contributed by atoms with Crippen molar-refractivity contribution in [1.29, 1.82) is 0 Å². The van der Waals surface area contributed by atoms with Crippen LogP contribution in [-0.4, -0.2) is 34.0 Å². The Morgan fingerprint density at radius 1 is 1.59 bits per heavy atom. The van der Waals surface area contributed by atoms with Crippen LogP contribution in [0, 0.1) is 10.1 Å². The standard InChI is InChI=1S/C11H14N2O4/c1-2-9(7-14)12-6-8-5-10(13(16)17)3-4-11(8)15/h3-6,9,14-15H,2,7H2,1H3/t9-/m0/s1. The number of hydrogen-bond donors (Lipinski definition) is 2. The predicted molar refractivity (Wildman–Crippen MR) is 63.5 cm³/mol. The topological polar surface area (TPSA) is 96.0 Å². The summed E-state index contributed by atoms with van der Waals surface area (Å²) in [6.07, 6.45) is 2.00. The van der Waals surface area contributed by atoms with Crippen LogP contribution in [0.15, 0.2) is 23.2 Å². The maximum Gasteiger partial charge on any atom is 0.270 e. The largest absolute Gasteiger partial charge is 0.507 e. The average Bonchev–Trinajstić information content (AvgIpc) is 2.32. The van der Waals surface area contributed by atoms with Crippen LogP contribution in [-0.2, 0) is 0 Å². The van der Waals surface area contributed by atoms with Crippen LogP contribution in [0.1, 0.15) is 18.9 Å². The Bertz CT molecular complexity index is 427. The summed E-state index contributed by atoms with van der Waals surface area (Å²) in [6, 6.07) is 3.45. The molecule has 0 radical (unpaired) electrons. The highest BCUT2D eigenvalue weighted by Crippen LogP contribution is 2.21. The molecule has 0 aromatic heterocycles. The van der Waals surface area contributed by atoms with Crippen LogP contribution >= 0.6 is 0 Å². The molecule has 0 saturated carbocycles. The summed E-state index contributed by atoms with van der Waals surface area (Å²) < 4.78 is 0. The molecule has 0 aliphatic heterocycles. The van der Waals surface area contributed by atoms with E-state index >= 15 is 0 Å². The number of hydrogen-bond acceptors (Lipinski definition) is 5. The summed E-state index contributed by atoms with van der Waals surface area (Å²) in [5.41, 5.74) is 0.160. The Morgan fingerprint density at radius 3 is 2.82 bits per heavy atom. The molecule has 0 heterocycles. The number of rotatable bonds is 5. The smallest absolute Gasteiger partial charge is 0.270 e. The van der Waals surface area contributed by atoms with Crippen molar-refractivity contribution in [3.05, 3.63) is 33.9 Å². The maximum atomic E-state index is 10.6. The molecule has 1 rings (SSSR count). The summed E-state index contributed by atoms with van der Waals surface area (Å²) in [7, 11) is 0. The first-order chi connectivity index (χ1) is 8.08. The van der Waals surface area contributed by atoms with Crippen LogP contribution in [0.4, 0.5) is 5.69 Å². The lowest BCUT2D eigenvalue weighted by atomic mass is 10.2. The number of non-ortho nitro benzene ring substituents is 1. The second kappa shape index (κ2) is 5.95. The van der Waals surface area contributed by atoms with E-state index in [0.29, 0.717) is 6.42 Å². The first-order valence-electron chi connectivity index (χ1n) is 5.20. The second-order valence-corrected chi connectivity index (χ2v) is 3.52. The van der Waals surface area contributed by atoms with Crippen LogP contribution in [0.2, 0.25) is 0 Å². The van der Waals surface area contributed by atoms with Gasteiger partial charge in [-0.25, -0.2) is 0 Å². The van der Waals surface area contributed by atoms with Gasteiger partial charge in [-0.3, -0.25) is 15.1 Å². The van der Waals surface area contributed by atoms with E-state index in [0.717, 1.165) is 0 Å². The van der Waals surface area contributed by atoms with Crippen LogP contribution in [0.5, 0.6) is 5.75 Å². The molecular formula is C11H14N2O4. The average molecular weight is 238 g/mol. The van der Waals surface area contributed by atoms with E-state index in [2.05, 4.69) is 4.99 Å². The Labute approximate surface area is 98.4 Å². The fourth-order valence-corrected chi connectivity index (χ4v) is 1.23. The fraction of sp³-hybridized carbons (Fsp3) is 0.364. The van der Waals surface area contributed by atoms with Gasteiger partial charge in [0, 0.05) is 23.9 Å². The number of nitro benzene ring substituents is 1. The number of nitro groups is 1. The summed E-state index contributed by atoms with van der Waals surface area (Å²) >= 11 is 0. The van der Waals surface area contributed by atoms with Crippen LogP contribution in [0.25, 0.3) is 0 Å². The van der Waals surface area contributed by atoms with Crippen LogP contribution in [0.3, 0.4) is 0 Å². The number of phenols is 1. The van der Waals surface area contributed by atoms with E-state index in [1.54, 1.807) is 0 Å². The maximum absolute atomic E-state index is 10.6. The third-order valence-corrected chi connectivity index (χ3v) is 2.33. The molecule has 0 spiro atoms. The van der Waals surface area contributed by atoms with E-state index in [4.69, 9.17) is 5.11 Å². The molecule has 0 aliphatic carbocycles. The molecule has 0 saturated heterocycles. The van der Waals surface area contributed by atoms with Crippen LogP contribution < -0.4 is 0 Å². The third kappa shape index (κ3) is 3.53. The molecule has 6 heteroatoms. The molecule has 92 valence electrons. The predicted octanol–water partition coefficient (Wildman–Crippen LogP) is 1.49. The summed E-state index contributed by atoms with van der Waals surface area (Å²) in [5, 5.41) is 29.0. The van der Waals surface area contributed by atoms with Gasteiger partial charge >= 0.3 is 0 Å². The normalized spacial score (nSPS) is 12.8. The molecule has 0 fully saturated rings. The quantitative estimate of drug-likeness (QED) is 0.461. The third-order valence-electron chi connectivity index (χ3n) is 2.33. The molecule has 1 aromatic rings. The minimum atomic E-state index is -0.542. The highest BCUT2D eigenvalue weighted by atomic mass is 16.6. The van der Waals surface area contributed by atoms with E-state index < -0.39 is 4.92 Å². The van der Waals surface area contributed by atoms with Gasteiger partial charge < -0.3 is 10.2 Å². The zero-order valence-electron chi connectivity index (χ0n) is 9.41. The number of aromatic hydroxyl groups is 1. The van der Waals surface area contributed by atoms with Crippen molar-refractivity contribution in [1.82, 2.24) is 0 Å². The lowest BCUT2D eigenvalue weighted by Gasteiger charge is -2.04. The van der Waals surface area contributed by atoms with Gasteiger partial charge in [-0.05, 0) is 12.5 Å². The SMILES string of the molecule is CC[C@@H](CO)N=Cc1cc([N+](=O)[O-])ccc1O. The fourth-order valence-electron chi connectivity index (χ4n) is 1.23. The van der Waals surface area contributed by atoms with Crippen molar-refractivity contribution < 1.29 is 15.1 Å². The minimum Gasteiger partial charge on any atom is -0.507 e. The van der Waals surface area contributed by atoms with Crippen molar-refractivity contribution in [2.45, 2.75) is 19.4 Å². The number of aliphatic hydroxyl groups is 1. The molecule has 2 N–H and O–H groups in total. The highest BCUT2D eigenvalue weighted by molar-refractivity contribution is 5.84. The lowest BCUT2D eigenvalue weighted by molar-refractivity contribution is -0.384. The number of nitrogens with zero attached hydrogens (tertiary/aromatic N) is 2. The molecule has 6 nitrogen and oxygen atoms in total. The van der Waals surface area contributed by atoms with E-state index in [1.807, 2.05) is 6.92 Å². The first kappa shape index (κ1) is 13.1. The Balaban J connectivity index is 2.97. The van der Waals surface area contributed by atoms with Gasteiger partial charge in [-0.15, -0.1) is 0 Å². The van der Waals surface area contributed by atoms with Gasteiger partial charge in [0.1, 0.15) is 5.75 Å². The van der Waals surface area contributed by atoms with Crippen molar-refractivity contribution in [2.24, 2.45) is 4.99 Å². The zero-order valence-corrected chi connectivity index (χ0v) is 9.41. The minimum absolute atomic E-state index is 0.0767. The molecule has 0 unspecified atom stereocenters. The molecule has 1 atom stereocenters. The number of phenolic OH excluding ortho intramolecular Hbond substituents is 1. The summed E-state index contributed by atoms with van der Waals surface area (Å²) in [4.78, 5) is 14.0. The molecular weight excluding hydrogens is 224 g/mol. The van der Waals surface area contributed by atoms with E-state index in [1.165, 1.54) is 24.4 Å². The number of aliphatic imine (C=N–C) groups is 1. The van der Waals surface area contributed by atoms with E-state index in [-0.39, 0.29) is 29.6 Å². The number of aliphatic hydroxyl groups excluding tert-OH is 1. The lowest BCUT2D eigenvalue weighted by Crippen LogP contribution is -2.08. The highest BCUT2D eigenvalue weighted by Gasteiger charge is 2.09. The van der Waals surface area contributed by atoms with Gasteiger partial charge in [-0.1, -0.05) is 6.92 Å². The molecule has 0 amide bonds. The Morgan fingerprint density at radius 2 is 2.29 bits per heavy atom. The van der Waals surface area contributed by atoms with Crippen molar-refractivity contribution in [2.75, 3.05) is 6.61 Å². The molecule has 0 bridgehead atoms. The summed E-state index contributed by atoms with van der Waals surface area (Å²) in [5.74, 6) is -0.0767. The van der Waals surface area contributed by atoms with Crippen molar-refractivity contribution in [3.63, 3.8) is 0 Å². The zero-order chi connectivity index (χ0) is 12.8. The van der Waals surface area contributed by atoms with Gasteiger partial charge in [0.05, 0.1) is 17.6 Å². The Kier molecular flexibility index (Phi) is 4.59. The van der Waals surface area contributed by atoms with Gasteiger partial charge in [-0.2, -0.15) is 0 Å². The molecule has 17 heavy (non-hydrogen) atoms. The molecule has 0 aliphatic rings.